The van der Waals surface area contributed by atoms with Crippen LogP contribution in [0.3, 0.4) is 0 Å². The first-order valence-electron chi connectivity index (χ1n) is 29.9. The summed E-state index contributed by atoms with van der Waals surface area (Å²) in [5.74, 6) is 1.47. The van der Waals surface area contributed by atoms with E-state index in [9.17, 15) is 44.3 Å². The normalized spacial score (nSPS) is 14.9. The van der Waals surface area contributed by atoms with Gasteiger partial charge in [-0.3, -0.25) is 4.79 Å². The van der Waals surface area contributed by atoms with Gasteiger partial charge in [-0.15, -0.1) is 0 Å². The number of anilines is 5. The average molecular weight is 1470 g/mol. The van der Waals surface area contributed by atoms with Crippen molar-refractivity contribution in [3.05, 3.63) is 181 Å². The molecule has 33 heteroatoms. The van der Waals surface area contributed by atoms with E-state index in [1.807, 2.05) is 48.3 Å². The molecule has 3 saturated heterocycles. The number of hydrogen-bond donors (Lipinski definition) is 3. The fourth-order valence-electron chi connectivity index (χ4n) is 9.93. The number of halogens is 12. The molecular weight excluding hydrogens is 1410 g/mol. The van der Waals surface area contributed by atoms with Gasteiger partial charge in [0.25, 0.3) is 0 Å². The highest BCUT2D eigenvalue weighted by atomic mass is 35.5. The fraction of sp³-hybridized carbons (Fsp3) is 0.308. The van der Waals surface area contributed by atoms with Gasteiger partial charge in [0.05, 0.1) is 60.2 Å². The molecule has 0 unspecified atom stereocenters. The number of hydrogen-bond acceptors (Lipinski definition) is 20. The van der Waals surface area contributed by atoms with E-state index < -0.39 is 57.8 Å². The third-order valence-corrected chi connectivity index (χ3v) is 19.2. The highest BCUT2D eigenvalue weighted by molar-refractivity contribution is 8.00. The Balaban J connectivity index is 0.000000174. The van der Waals surface area contributed by atoms with Gasteiger partial charge in [-0.05, 0) is 111 Å². The van der Waals surface area contributed by atoms with Crippen molar-refractivity contribution < 1.29 is 44.3 Å². The zero-order valence-corrected chi connectivity index (χ0v) is 57.2. The van der Waals surface area contributed by atoms with Crippen LogP contribution in [0, 0.1) is 22.7 Å². The second kappa shape index (κ2) is 33.2. The van der Waals surface area contributed by atoms with Crippen LogP contribution in [0.15, 0.2) is 151 Å². The highest BCUT2D eigenvalue weighted by Crippen LogP contribution is 2.42. The van der Waals surface area contributed by atoms with Gasteiger partial charge in [0.2, 0.25) is 23.8 Å². The van der Waals surface area contributed by atoms with Gasteiger partial charge >= 0.3 is 18.5 Å². The minimum atomic E-state index is -4.73. The summed E-state index contributed by atoms with van der Waals surface area (Å²) in [4.78, 5) is 53.8. The van der Waals surface area contributed by atoms with Gasteiger partial charge < -0.3 is 45.8 Å². The molecule has 0 radical (unpaired) electrons. The van der Waals surface area contributed by atoms with Crippen LogP contribution in [-0.4, -0.2) is 150 Å². The predicted octanol–water partition coefficient (Wildman–Crippen LogP) is 14.2. The lowest BCUT2D eigenvalue weighted by Gasteiger charge is -2.32. The van der Waals surface area contributed by atoms with Crippen LogP contribution in [0.4, 0.5) is 69.0 Å². The number of amides is 1. The fourth-order valence-corrected chi connectivity index (χ4v) is 13.2. The number of alkyl halides is 9. The molecule has 18 nitrogen and oxygen atoms in total. The molecule has 6 heterocycles. The van der Waals surface area contributed by atoms with E-state index in [1.54, 1.807) is 36.7 Å². The van der Waals surface area contributed by atoms with E-state index in [-0.39, 0.29) is 10.0 Å². The molecule has 98 heavy (non-hydrogen) atoms. The quantitative estimate of drug-likeness (QED) is 0.0606. The molecule has 3 fully saturated rings. The molecule has 5 aromatic carbocycles. The van der Waals surface area contributed by atoms with Gasteiger partial charge in [0.15, 0.2) is 0 Å². The second-order valence-corrected chi connectivity index (χ2v) is 27.0. The summed E-state index contributed by atoms with van der Waals surface area (Å²) < 4.78 is 120. The topological polar surface area (TPSA) is 212 Å². The number of carbonyl (C=O) groups excluding carboxylic acids is 1. The molecule has 3 aromatic heterocycles. The van der Waals surface area contributed by atoms with Gasteiger partial charge in [0.1, 0.15) is 16.8 Å². The van der Waals surface area contributed by atoms with Crippen molar-refractivity contribution in [2.45, 2.75) is 61.0 Å². The maximum absolute atomic E-state index is 13.6. The van der Waals surface area contributed by atoms with Crippen LogP contribution in [0.5, 0.6) is 0 Å². The first kappa shape index (κ1) is 74.2. The number of benzene rings is 5. The predicted molar refractivity (Wildman–Crippen MR) is 362 cm³/mol. The summed E-state index contributed by atoms with van der Waals surface area (Å²) in [7, 11) is 6.15. The molecule has 3 aliphatic rings. The van der Waals surface area contributed by atoms with E-state index in [4.69, 9.17) is 61.0 Å². The van der Waals surface area contributed by atoms with Crippen LogP contribution in [0.1, 0.15) is 49.3 Å². The SMILES string of the molecule is CN1CCN(c2ncc(Sc3ccc(C#N)c(C(F)(F)F)c3)c(Cl)n2)CC1.CN1CCN(c2ncc(Sc3ccc(C#N)c(C(F)(F)F)c3)c(NCc3cccc(Cl)c3)n2)CC1.CN1CCN(c2ncc(Sc3ccc(C(N)=O)c(C(F)(F)F)c3)c(NCc3cccc(Cl)c3)n2)CC1. The van der Waals surface area contributed by atoms with Crippen LogP contribution < -0.4 is 31.1 Å². The number of nitriles is 2. The Morgan fingerprint density at radius 3 is 1.18 bits per heavy atom. The first-order chi connectivity index (χ1) is 46.6. The number of likely N-dealkylation sites (N-methyl/N-ethyl adjacent to an activating group) is 3. The molecule has 0 saturated carbocycles. The van der Waals surface area contributed by atoms with E-state index in [0.717, 1.165) is 155 Å². The average Bonchev–Trinajstić information content (AvgIpc) is 0.817. The van der Waals surface area contributed by atoms with Crippen molar-refractivity contribution in [2.75, 3.05) is 125 Å². The van der Waals surface area contributed by atoms with Crippen LogP contribution in [-0.2, 0) is 31.6 Å². The molecule has 514 valence electrons. The summed E-state index contributed by atoms with van der Waals surface area (Å²) in [5, 5.41) is 25.9. The molecule has 1 amide bonds. The minimum absolute atomic E-state index is 0.182. The van der Waals surface area contributed by atoms with Gasteiger partial charge in [-0.1, -0.05) is 94.4 Å². The third kappa shape index (κ3) is 20.5. The lowest BCUT2D eigenvalue weighted by molar-refractivity contribution is -0.138. The lowest BCUT2D eigenvalue weighted by Crippen LogP contribution is -2.45. The van der Waals surface area contributed by atoms with Crippen molar-refractivity contribution in [3.8, 4) is 12.1 Å². The number of piperazine rings is 3. The highest BCUT2D eigenvalue weighted by Gasteiger charge is 2.37. The van der Waals surface area contributed by atoms with Crippen molar-refractivity contribution in [3.63, 3.8) is 0 Å². The Hall–Kier alpha value is -8.04. The molecular formula is C65H61Cl3F9N17OS3. The smallest absolute Gasteiger partial charge is 0.366 e. The monoisotopic (exact) mass is 1470 g/mol. The van der Waals surface area contributed by atoms with E-state index in [0.29, 0.717) is 77.1 Å². The summed E-state index contributed by atoms with van der Waals surface area (Å²) >= 11 is 21.6. The standard InChI is InChI=1S/C24H24ClF3N6OS.C24H22ClF3N6S.C17H15ClF3N5S/c1-33-7-9-34(10-8-33)23-31-14-20(22(32-23)30-13-15-3-2-4-16(25)11-15)36-17-5-6-18(21(29)35)19(12-17)24(26,27)28;1-33-7-9-34(10-8-33)23-31-15-21(22(32-23)30-14-16-3-2-4-18(25)11-16)35-19-6-5-17(13-29)20(12-19)24(26,27)28;1-25-4-6-26(7-5-25)16-23-10-14(15(18)24-16)27-12-3-2-11(9-22)13(8-12)17(19,20)21/h2-6,11-12,14H,7-10,13H2,1H3,(H2,29,35)(H,30,31,32);2-6,11-12,15H,7-10,14H2,1H3,(H,30,31,32);2-3,8,10H,4-7H2,1H3. The van der Waals surface area contributed by atoms with Crippen LogP contribution in [0.25, 0.3) is 0 Å². The maximum atomic E-state index is 13.6. The van der Waals surface area contributed by atoms with Crippen molar-refractivity contribution >= 4 is 105 Å². The summed E-state index contributed by atoms with van der Waals surface area (Å²) in [5.41, 5.74) is 2.58. The largest absolute Gasteiger partial charge is 0.417 e. The lowest BCUT2D eigenvalue weighted by atomic mass is 10.1. The Labute approximate surface area is 586 Å². The molecule has 4 N–H and O–H groups in total. The Morgan fingerprint density at radius 1 is 0.490 bits per heavy atom. The minimum Gasteiger partial charge on any atom is -0.366 e. The molecule has 3 aliphatic heterocycles. The number of carbonyl (C=O) groups is 1. The maximum Gasteiger partial charge on any atom is 0.417 e. The van der Waals surface area contributed by atoms with E-state index >= 15 is 0 Å². The Bertz CT molecular complexity index is 4200. The molecule has 0 spiro atoms. The van der Waals surface area contributed by atoms with Gasteiger partial charge in [-0.2, -0.15) is 65.0 Å². The van der Waals surface area contributed by atoms with E-state index in [2.05, 4.69) is 69.2 Å². The Kier molecular flexibility index (Phi) is 25.1. The van der Waals surface area contributed by atoms with Crippen molar-refractivity contribution in [1.82, 2.24) is 44.6 Å². The van der Waals surface area contributed by atoms with Crippen LogP contribution >= 0.6 is 70.1 Å². The van der Waals surface area contributed by atoms with Gasteiger partial charge in [-0.25, -0.2) is 15.0 Å². The molecule has 11 rings (SSSR count). The Morgan fingerprint density at radius 2 is 0.837 bits per heavy atom. The molecule has 0 bridgehead atoms. The van der Waals surface area contributed by atoms with Crippen molar-refractivity contribution in [2.24, 2.45) is 5.73 Å². The summed E-state index contributed by atoms with van der Waals surface area (Å²) in [6.07, 6.45) is -9.22. The number of primary amides is 1. The molecule has 0 atom stereocenters. The van der Waals surface area contributed by atoms with Gasteiger partial charge in [0, 0.05) is 135 Å². The van der Waals surface area contributed by atoms with E-state index in [1.165, 1.54) is 30.5 Å². The second-order valence-electron chi connectivity index (χ2n) is 22.4. The summed E-state index contributed by atoms with van der Waals surface area (Å²) in [6, 6.07) is 28.5. The number of rotatable bonds is 16. The summed E-state index contributed by atoms with van der Waals surface area (Å²) in [6.45, 7) is 10.8. The molecule has 0 aliphatic carbocycles. The number of aromatic nitrogens is 6. The first-order valence-corrected chi connectivity index (χ1v) is 33.5. The third-order valence-electron chi connectivity index (χ3n) is 15.3. The number of nitrogens with two attached hydrogens (primary N) is 1. The van der Waals surface area contributed by atoms with Crippen LogP contribution in [0.2, 0.25) is 15.2 Å². The molecule has 8 aromatic rings. The number of nitrogens with one attached hydrogen (secondary N) is 2. The number of nitrogens with zero attached hydrogens (tertiary/aromatic N) is 14. The zero-order valence-electron chi connectivity index (χ0n) is 52.5. The zero-order chi connectivity index (χ0) is 70.5. The van der Waals surface area contributed by atoms with Crippen molar-refractivity contribution in [1.29, 1.82) is 10.5 Å².